The molecule has 0 saturated heterocycles. The predicted octanol–water partition coefficient (Wildman–Crippen LogP) is 0.128. The van der Waals surface area contributed by atoms with Gasteiger partial charge >= 0.3 is 11.2 Å². The number of nitroso groups, excluding NO2 is 1. The van der Waals surface area contributed by atoms with Gasteiger partial charge in [-0.3, -0.25) is 4.79 Å². The Labute approximate surface area is 88.3 Å². The molecule has 16 heavy (non-hydrogen) atoms. The summed E-state index contributed by atoms with van der Waals surface area (Å²) < 4.78 is 0.190. The summed E-state index contributed by atoms with van der Waals surface area (Å²) in [5.74, 6) is 0. The molecule has 0 radical (unpaired) electrons. The summed E-state index contributed by atoms with van der Waals surface area (Å²) in [7, 11) is 0. The van der Waals surface area contributed by atoms with Crippen molar-refractivity contribution in [2.45, 2.75) is 0 Å². The van der Waals surface area contributed by atoms with Crippen LogP contribution in [-0.2, 0) is 0 Å². The number of H-pyrrole nitrogens is 1. The topological polar surface area (TPSA) is 97.2 Å². The molecule has 0 saturated carbocycles. The summed E-state index contributed by atoms with van der Waals surface area (Å²) in [6.07, 6.45) is 0. The first-order valence-electron chi connectivity index (χ1n) is 4.35. The molecular formula is C9H6N4O3. The average Bonchev–Trinajstić information content (AvgIpc) is 2.31. The van der Waals surface area contributed by atoms with Crippen LogP contribution < -0.4 is 11.2 Å². The van der Waals surface area contributed by atoms with Crippen LogP contribution in [0.4, 0.5) is 0 Å². The van der Waals surface area contributed by atoms with E-state index >= 15 is 0 Å². The van der Waals surface area contributed by atoms with Gasteiger partial charge in [0.25, 0.3) is 0 Å². The predicted molar refractivity (Wildman–Crippen MR) is 55.7 cm³/mol. The fraction of sp³-hybridized carbons (Fsp3) is 0. The van der Waals surface area contributed by atoms with E-state index in [2.05, 4.69) is 10.4 Å². The fourth-order valence-electron chi connectivity index (χ4n) is 1.25. The standard InChI is InChI=1S/C9H6N4O3/c14-8-7(6-4-2-1-3-5-6)10-11-9(15)13(8)12-16/h1-5H,(H,11,15). The number of aromatic amines is 1. The smallest absolute Gasteiger partial charge is 0.265 e. The number of hydrogen-bond acceptors (Lipinski definition) is 5. The minimum atomic E-state index is -0.959. The summed E-state index contributed by atoms with van der Waals surface area (Å²) >= 11 is 0. The van der Waals surface area contributed by atoms with Crippen LogP contribution in [0.5, 0.6) is 0 Å². The molecule has 0 spiro atoms. The quantitative estimate of drug-likeness (QED) is 0.724. The molecule has 0 fully saturated rings. The molecule has 1 aromatic carbocycles. The van der Waals surface area contributed by atoms with Crippen molar-refractivity contribution < 1.29 is 0 Å². The molecule has 0 unspecified atom stereocenters. The van der Waals surface area contributed by atoms with E-state index in [1.807, 2.05) is 5.10 Å². The average molecular weight is 218 g/mol. The van der Waals surface area contributed by atoms with Gasteiger partial charge in [0.05, 0.1) is 5.29 Å². The molecular weight excluding hydrogens is 212 g/mol. The number of nitrogens with zero attached hydrogens (tertiary/aromatic N) is 3. The van der Waals surface area contributed by atoms with Gasteiger partial charge in [0.15, 0.2) is 5.69 Å². The van der Waals surface area contributed by atoms with Gasteiger partial charge in [-0.05, 0) is 0 Å². The van der Waals surface area contributed by atoms with Gasteiger partial charge in [0.2, 0.25) is 0 Å². The van der Waals surface area contributed by atoms with E-state index in [9.17, 15) is 14.5 Å². The van der Waals surface area contributed by atoms with Gasteiger partial charge in [0.1, 0.15) is 0 Å². The summed E-state index contributed by atoms with van der Waals surface area (Å²) in [5.41, 5.74) is -1.33. The SMILES string of the molecule is O=Nn1c(=O)[nH]nc(-c2ccccc2)c1=O. The maximum absolute atomic E-state index is 11.6. The molecule has 7 heteroatoms. The normalized spacial score (nSPS) is 10.0. The summed E-state index contributed by atoms with van der Waals surface area (Å²) in [5, 5.41) is 7.94. The molecule has 7 nitrogen and oxygen atoms in total. The largest absolute Gasteiger partial charge is 0.368 e. The Kier molecular flexibility index (Phi) is 2.42. The van der Waals surface area contributed by atoms with Crippen LogP contribution in [0.15, 0.2) is 45.2 Å². The second-order valence-electron chi connectivity index (χ2n) is 2.94. The van der Waals surface area contributed by atoms with E-state index in [-0.39, 0.29) is 10.4 Å². The molecule has 0 bridgehead atoms. The molecule has 1 aromatic heterocycles. The third-order valence-electron chi connectivity index (χ3n) is 1.98. The Morgan fingerprint density at radius 3 is 2.50 bits per heavy atom. The molecule has 1 heterocycles. The zero-order chi connectivity index (χ0) is 11.5. The number of nitrogens with one attached hydrogen (secondary N) is 1. The van der Waals surface area contributed by atoms with Crippen LogP contribution >= 0.6 is 0 Å². The summed E-state index contributed by atoms with van der Waals surface area (Å²) in [6.45, 7) is 0. The number of rotatable bonds is 2. The van der Waals surface area contributed by atoms with Crippen LogP contribution in [0.25, 0.3) is 11.3 Å². The van der Waals surface area contributed by atoms with Crippen LogP contribution in [0.1, 0.15) is 0 Å². The monoisotopic (exact) mass is 218 g/mol. The molecule has 2 aromatic rings. The molecule has 0 atom stereocenters. The lowest BCUT2D eigenvalue weighted by molar-refractivity contribution is 0.706. The highest BCUT2D eigenvalue weighted by Crippen LogP contribution is 2.09. The number of hydrogen-bond donors (Lipinski definition) is 1. The number of benzene rings is 1. The fourth-order valence-corrected chi connectivity index (χ4v) is 1.25. The second-order valence-corrected chi connectivity index (χ2v) is 2.94. The highest BCUT2D eigenvalue weighted by atomic mass is 16.3. The van der Waals surface area contributed by atoms with E-state index in [1.165, 1.54) is 0 Å². The Balaban J connectivity index is 2.74. The lowest BCUT2D eigenvalue weighted by Crippen LogP contribution is -2.34. The Bertz CT molecular complexity index is 629. The number of aromatic nitrogens is 3. The summed E-state index contributed by atoms with van der Waals surface area (Å²) in [6, 6.07) is 8.46. The summed E-state index contributed by atoms with van der Waals surface area (Å²) in [4.78, 5) is 32.9. The van der Waals surface area contributed by atoms with Gasteiger partial charge in [-0.1, -0.05) is 30.3 Å². The Hall–Kier alpha value is -2.57. The highest BCUT2D eigenvalue weighted by Gasteiger charge is 2.10. The first-order chi connectivity index (χ1) is 7.74. The molecule has 1 N–H and O–H groups in total. The lowest BCUT2D eigenvalue weighted by atomic mass is 10.2. The highest BCUT2D eigenvalue weighted by molar-refractivity contribution is 5.56. The van der Waals surface area contributed by atoms with Crippen molar-refractivity contribution in [1.29, 1.82) is 0 Å². The van der Waals surface area contributed by atoms with Crippen LogP contribution in [0.2, 0.25) is 0 Å². The molecule has 0 aliphatic heterocycles. The van der Waals surface area contributed by atoms with Gasteiger partial charge in [-0.15, -0.1) is 9.58 Å². The van der Waals surface area contributed by atoms with Crippen molar-refractivity contribution >= 4 is 0 Å². The lowest BCUT2D eigenvalue weighted by Gasteiger charge is -1.98. The van der Waals surface area contributed by atoms with Crippen molar-refractivity contribution in [3.63, 3.8) is 0 Å². The minimum Gasteiger partial charge on any atom is -0.265 e. The minimum absolute atomic E-state index is 0.0280. The first-order valence-corrected chi connectivity index (χ1v) is 4.35. The Morgan fingerprint density at radius 1 is 1.19 bits per heavy atom. The van der Waals surface area contributed by atoms with Crippen molar-refractivity contribution in [2.75, 3.05) is 0 Å². The van der Waals surface area contributed by atoms with Crippen molar-refractivity contribution in [3.05, 3.63) is 56.1 Å². The molecule has 0 amide bonds. The van der Waals surface area contributed by atoms with E-state index in [0.29, 0.717) is 5.56 Å². The van der Waals surface area contributed by atoms with E-state index in [1.54, 1.807) is 30.3 Å². The van der Waals surface area contributed by atoms with Crippen LogP contribution in [0, 0.1) is 4.91 Å². The van der Waals surface area contributed by atoms with Crippen molar-refractivity contribution in [2.24, 2.45) is 5.29 Å². The maximum atomic E-state index is 11.6. The third-order valence-corrected chi connectivity index (χ3v) is 1.98. The van der Waals surface area contributed by atoms with Crippen molar-refractivity contribution in [1.82, 2.24) is 14.9 Å². The van der Waals surface area contributed by atoms with Gasteiger partial charge in [-0.25, -0.2) is 9.89 Å². The molecule has 80 valence electrons. The molecule has 0 aliphatic rings. The third kappa shape index (κ3) is 1.54. The van der Waals surface area contributed by atoms with Crippen LogP contribution in [0.3, 0.4) is 0 Å². The second kappa shape index (κ2) is 3.89. The zero-order valence-corrected chi connectivity index (χ0v) is 7.95. The Morgan fingerprint density at radius 2 is 1.88 bits per heavy atom. The van der Waals surface area contributed by atoms with E-state index < -0.39 is 11.2 Å². The zero-order valence-electron chi connectivity index (χ0n) is 7.95. The van der Waals surface area contributed by atoms with E-state index in [4.69, 9.17) is 0 Å². The maximum Gasteiger partial charge on any atom is 0.368 e. The van der Waals surface area contributed by atoms with Gasteiger partial charge in [-0.2, -0.15) is 5.10 Å². The van der Waals surface area contributed by atoms with Gasteiger partial charge in [0, 0.05) is 5.56 Å². The van der Waals surface area contributed by atoms with Crippen LogP contribution in [-0.4, -0.2) is 14.9 Å². The van der Waals surface area contributed by atoms with Crippen molar-refractivity contribution in [3.8, 4) is 11.3 Å². The first kappa shape index (κ1) is 9.97. The van der Waals surface area contributed by atoms with Gasteiger partial charge < -0.3 is 0 Å². The molecule has 0 aliphatic carbocycles. The van der Waals surface area contributed by atoms with E-state index in [0.717, 1.165) is 0 Å². The molecule has 2 rings (SSSR count).